The van der Waals surface area contributed by atoms with Crippen molar-refractivity contribution in [2.45, 2.75) is 50.7 Å². The van der Waals surface area contributed by atoms with Gasteiger partial charge in [-0.05, 0) is 55.5 Å². The Morgan fingerprint density at radius 1 is 1.16 bits per heavy atom. The lowest BCUT2D eigenvalue weighted by molar-refractivity contribution is -0.124. The van der Waals surface area contributed by atoms with Gasteiger partial charge in [0.1, 0.15) is 11.9 Å². The molecule has 5 rings (SSSR count). The van der Waals surface area contributed by atoms with Gasteiger partial charge >= 0.3 is 0 Å². The zero-order chi connectivity index (χ0) is 22.1. The Morgan fingerprint density at radius 3 is 2.66 bits per heavy atom. The van der Waals surface area contributed by atoms with Crippen molar-refractivity contribution in [3.05, 3.63) is 53.6 Å². The SMILES string of the molecule is Cn1c(C2CCC2)nc2cc(C(=O)NCc3ccncc3)cc(NC(=O)C3CCCO3)c21. The van der Waals surface area contributed by atoms with E-state index < -0.39 is 6.10 Å². The van der Waals surface area contributed by atoms with Gasteiger partial charge in [0.05, 0.1) is 16.7 Å². The molecule has 0 bridgehead atoms. The van der Waals surface area contributed by atoms with Crippen LogP contribution in [0.5, 0.6) is 0 Å². The monoisotopic (exact) mass is 433 g/mol. The maximum Gasteiger partial charge on any atom is 0.253 e. The molecule has 1 atom stereocenters. The highest BCUT2D eigenvalue weighted by atomic mass is 16.5. The fourth-order valence-corrected chi connectivity index (χ4v) is 4.41. The molecule has 3 heterocycles. The van der Waals surface area contributed by atoms with Crippen molar-refractivity contribution in [3.63, 3.8) is 0 Å². The summed E-state index contributed by atoms with van der Waals surface area (Å²) < 4.78 is 7.60. The number of carbonyl (C=O) groups is 2. The minimum atomic E-state index is -0.450. The molecule has 32 heavy (non-hydrogen) atoms. The van der Waals surface area contributed by atoms with E-state index in [1.54, 1.807) is 24.5 Å². The number of pyridine rings is 1. The smallest absolute Gasteiger partial charge is 0.253 e. The summed E-state index contributed by atoms with van der Waals surface area (Å²) in [6, 6.07) is 7.27. The van der Waals surface area contributed by atoms with Gasteiger partial charge in [-0.15, -0.1) is 0 Å². The van der Waals surface area contributed by atoms with E-state index in [0.29, 0.717) is 42.3 Å². The standard InChI is InChI=1S/C24H27N5O3/c1-29-21-18(27-22(29)16-4-2-5-16)12-17(23(30)26-14-15-7-9-25-10-8-15)13-19(21)28-24(31)20-6-3-11-32-20/h7-10,12-13,16,20H,2-6,11,14H2,1H3,(H,26,30)(H,28,31). The lowest BCUT2D eigenvalue weighted by atomic mass is 9.85. The molecule has 1 aliphatic heterocycles. The Morgan fingerprint density at radius 2 is 1.97 bits per heavy atom. The lowest BCUT2D eigenvalue weighted by Crippen LogP contribution is -2.27. The Bertz CT molecular complexity index is 1150. The number of imidazole rings is 1. The summed E-state index contributed by atoms with van der Waals surface area (Å²) in [4.78, 5) is 34.6. The second-order valence-corrected chi connectivity index (χ2v) is 8.58. The zero-order valence-electron chi connectivity index (χ0n) is 18.1. The molecular formula is C24H27N5O3. The largest absolute Gasteiger partial charge is 0.368 e. The number of nitrogens with zero attached hydrogens (tertiary/aromatic N) is 3. The Hall–Kier alpha value is -3.26. The van der Waals surface area contributed by atoms with Crippen LogP contribution in [0.4, 0.5) is 5.69 Å². The molecule has 8 heteroatoms. The van der Waals surface area contributed by atoms with Gasteiger partial charge in [-0.25, -0.2) is 4.98 Å². The van der Waals surface area contributed by atoms with Crippen molar-refractivity contribution >= 4 is 28.5 Å². The third kappa shape index (κ3) is 3.98. The molecule has 166 valence electrons. The number of hydrogen-bond donors (Lipinski definition) is 2. The molecule has 1 aliphatic carbocycles. The molecule has 2 aromatic heterocycles. The molecule has 8 nitrogen and oxygen atoms in total. The number of carbonyl (C=O) groups excluding carboxylic acids is 2. The van der Waals surface area contributed by atoms with Gasteiger partial charge in [0, 0.05) is 44.1 Å². The van der Waals surface area contributed by atoms with E-state index in [-0.39, 0.29) is 11.8 Å². The summed E-state index contributed by atoms with van der Waals surface area (Å²) in [5.74, 6) is 1.04. The van der Waals surface area contributed by atoms with E-state index in [0.717, 1.165) is 36.2 Å². The lowest BCUT2D eigenvalue weighted by Gasteiger charge is -2.24. The predicted molar refractivity (Wildman–Crippen MR) is 120 cm³/mol. The minimum absolute atomic E-state index is 0.176. The zero-order valence-corrected chi connectivity index (χ0v) is 18.1. The number of rotatable bonds is 6. The molecular weight excluding hydrogens is 406 g/mol. The van der Waals surface area contributed by atoms with Crippen molar-refractivity contribution in [1.82, 2.24) is 19.9 Å². The van der Waals surface area contributed by atoms with Crippen LogP contribution in [-0.2, 0) is 23.1 Å². The molecule has 1 saturated heterocycles. The van der Waals surface area contributed by atoms with Crippen LogP contribution in [0.3, 0.4) is 0 Å². The van der Waals surface area contributed by atoms with E-state index in [9.17, 15) is 9.59 Å². The number of hydrogen-bond acceptors (Lipinski definition) is 5. The number of fused-ring (bicyclic) bond motifs is 1. The maximum atomic E-state index is 13.0. The van der Waals surface area contributed by atoms with Crippen molar-refractivity contribution in [3.8, 4) is 0 Å². The topological polar surface area (TPSA) is 98.1 Å². The van der Waals surface area contributed by atoms with Crippen LogP contribution >= 0.6 is 0 Å². The molecule has 1 aromatic carbocycles. The quantitative estimate of drug-likeness (QED) is 0.622. The highest BCUT2D eigenvalue weighted by molar-refractivity contribution is 6.06. The summed E-state index contributed by atoms with van der Waals surface area (Å²) >= 11 is 0. The van der Waals surface area contributed by atoms with Crippen LogP contribution in [0.2, 0.25) is 0 Å². The van der Waals surface area contributed by atoms with Crippen molar-refractivity contribution in [1.29, 1.82) is 0 Å². The summed E-state index contributed by atoms with van der Waals surface area (Å²) in [5.41, 5.74) is 3.58. The average Bonchev–Trinajstić information content (AvgIpc) is 3.41. The van der Waals surface area contributed by atoms with Gasteiger partial charge in [0.2, 0.25) is 0 Å². The van der Waals surface area contributed by atoms with Crippen LogP contribution in [0.25, 0.3) is 11.0 Å². The van der Waals surface area contributed by atoms with Gasteiger partial charge in [-0.2, -0.15) is 0 Å². The fourth-order valence-electron chi connectivity index (χ4n) is 4.41. The molecule has 2 amide bonds. The number of benzene rings is 1. The Kier molecular flexibility index (Phi) is 5.61. The van der Waals surface area contributed by atoms with Crippen molar-refractivity contribution in [2.75, 3.05) is 11.9 Å². The molecule has 2 aliphatic rings. The van der Waals surface area contributed by atoms with Gasteiger partial charge in [0.15, 0.2) is 0 Å². The third-order valence-corrected chi connectivity index (χ3v) is 6.42. The maximum absolute atomic E-state index is 13.0. The minimum Gasteiger partial charge on any atom is -0.368 e. The van der Waals surface area contributed by atoms with E-state index in [1.165, 1.54) is 6.42 Å². The second-order valence-electron chi connectivity index (χ2n) is 8.58. The average molecular weight is 434 g/mol. The first kappa shape index (κ1) is 20.6. The van der Waals surface area contributed by atoms with Crippen molar-refractivity contribution < 1.29 is 14.3 Å². The molecule has 0 spiro atoms. The molecule has 1 saturated carbocycles. The van der Waals surface area contributed by atoms with Gasteiger partial charge in [0.25, 0.3) is 11.8 Å². The van der Waals surface area contributed by atoms with Crippen molar-refractivity contribution in [2.24, 2.45) is 7.05 Å². The summed E-state index contributed by atoms with van der Waals surface area (Å²) in [6.45, 7) is 0.995. The van der Waals surface area contributed by atoms with Crippen LogP contribution < -0.4 is 10.6 Å². The second kappa shape index (κ2) is 8.70. The fraction of sp³-hybridized carbons (Fsp3) is 0.417. The Balaban J connectivity index is 1.47. The number of aromatic nitrogens is 3. The first-order chi connectivity index (χ1) is 15.6. The molecule has 3 aromatic rings. The number of nitrogens with one attached hydrogen (secondary N) is 2. The molecule has 0 radical (unpaired) electrons. The summed E-state index contributed by atoms with van der Waals surface area (Å²) in [7, 11) is 1.98. The van der Waals surface area contributed by atoms with Crippen LogP contribution in [0.1, 0.15) is 59.8 Å². The van der Waals surface area contributed by atoms with Gasteiger partial charge < -0.3 is 19.9 Å². The molecule has 2 N–H and O–H groups in total. The highest BCUT2D eigenvalue weighted by Gasteiger charge is 2.28. The summed E-state index contributed by atoms with van der Waals surface area (Å²) in [6.07, 6.45) is 7.97. The summed E-state index contributed by atoms with van der Waals surface area (Å²) in [5, 5.41) is 5.96. The van der Waals surface area contributed by atoms with E-state index in [4.69, 9.17) is 9.72 Å². The van der Waals surface area contributed by atoms with Gasteiger partial charge in [-0.1, -0.05) is 6.42 Å². The first-order valence-electron chi connectivity index (χ1n) is 11.2. The molecule has 2 fully saturated rings. The van der Waals surface area contributed by atoms with Crippen LogP contribution in [-0.4, -0.2) is 39.1 Å². The van der Waals surface area contributed by atoms with E-state index in [2.05, 4.69) is 20.2 Å². The van der Waals surface area contributed by atoms with E-state index in [1.807, 2.05) is 19.2 Å². The highest BCUT2D eigenvalue weighted by Crippen LogP contribution is 2.38. The number of ether oxygens (including phenoxy) is 1. The number of anilines is 1. The van der Waals surface area contributed by atoms with Gasteiger partial charge in [-0.3, -0.25) is 14.6 Å². The molecule has 1 unspecified atom stereocenters. The van der Waals surface area contributed by atoms with E-state index >= 15 is 0 Å². The Labute approximate surface area is 186 Å². The normalized spacial score (nSPS) is 18.5. The number of aryl methyl sites for hydroxylation is 1. The van der Waals surface area contributed by atoms with Crippen LogP contribution in [0.15, 0.2) is 36.7 Å². The third-order valence-electron chi connectivity index (χ3n) is 6.42. The number of amides is 2. The van der Waals surface area contributed by atoms with Crippen LogP contribution in [0, 0.1) is 0 Å². The predicted octanol–water partition coefficient (Wildman–Crippen LogP) is 3.28. The first-order valence-corrected chi connectivity index (χ1v) is 11.2.